The fourth-order valence-electron chi connectivity index (χ4n) is 6.18. The van der Waals surface area contributed by atoms with Crippen molar-refractivity contribution in [2.24, 2.45) is 5.92 Å². The van der Waals surface area contributed by atoms with E-state index in [1.54, 1.807) is 0 Å². The van der Waals surface area contributed by atoms with Crippen LogP contribution in [0, 0.1) is 5.92 Å². The van der Waals surface area contributed by atoms with Gasteiger partial charge in [0.25, 0.3) is 0 Å². The highest BCUT2D eigenvalue weighted by Crippen LogP contribution is 2.24. The van der Waals surface area contributed by atoms with Gasteiger partial charge in [0.2, 0.25) is 0 Å². The lowest BCUT2D eigenvalue weighted by Gasteiger charge is -2.17. The van der Waals surface area contributed by atoms with Crippen LogP contribution in [-0.2, 0) is 9.53 Å². The van der Waals surface area contributed by atoms with Crippen LogP contribution in [0.15, 0.2) is 0 Å². The van der Waals surface area contributed by atoms with Gasteiger partial charge >= 0.3 is 5.97 Å². The van der Waals surface area contributed by atoms with E-state index in [0.717, 1.165) is 25.2 Å². The predicted molar refractivity (Wildman–Crippen MR) is 199 cm³/mol. The average molecular weight is 657 g/mol. The third-order valence-electron chi connectivity index (χ3n) is 9.33. The third-order valence-corrected chi connectivity index (χ3v) is 9.33. The molecule has 0 aliphatic carbocycles. The highest BCUT2D eigenvalue weighted by molar-refractivity contribution is 5.69. The van der Waals surface area contributed by atoms with Crippen LogP contribution in [0.5, 0.6) is 0 Å². The number of ether oxygens (including phenoxy) is 1. The molecule has 0 aliphatic rings. The highest BCUT2D eigenvalue weighted by Gasteiger charge is 2.09. The van der Waals surface area contributed by atoms with E-state index >= 15 is 0 Å². The van der Waals surface area contributed by atoms with Crippen molar-refractivity contribution < 1.29 is 24.9 Å². The third kappa shape index (κ3) is 41.4. The minimum absolute atomic E-state index is 0.103. The lowest BCUT2D eigenvalue weighted by Crippen LogP contribution is -2.21. The smallest absolute Gasteiger partial charge is 0.305 e. The molecule has 0 saturated heterocycles. The van der Waals surface area contributed by atoms with Gasteiger partial charge in [-0.3, -0.25) is 4.79 Å². The number of carbonyl (C=O) groups excluding carboxylic acids is 1. The molecule has 46 heavy (non-hydrogen) atoms. The van der Waals surface area contributed by atoms with Crippen LogP contribution < -0.4 is 0 Å². The van der Waals surface area contributed by atoms with Crippen LogP contribution in [0.25, 0.3) is 0 Å². The number of carbonyl (C=O) groups is 1. The minimum Gasteiger partial charge on any atom is -0.463 e. The molecule has 0 amide bonds. The molecular weight excluding hydrogens is 572 g/mol. The van der Waals surface area contributed by atoms with Gasteiger partial charge in [-0.15, -0.1) is 0 Å². The Morgan fingerprint density at radius 1 is 0.478 bits per heavy atom. The van der Waals surface area contributed by atoms with Gasteiger partial charge in [0.05, 0.1) is 6.61 Å². The summed E-state index contributed by atoms with van der Waals surface area (Å²) in [6.45, 7) is 6.75. The van der Waals surface area contributed by atoms with E-state index in [-0.39, 0.29) is 19.2 Å². The monoisotopic (exact) mass is 657 g/mol. The SMILES string of the molecule is CCCCCCCCC(CCCCCC)CCCCCO.CCCCCCCCCCCCCCCCCC(=O)OCC(O)CO. The van der Waals surface area contributed by atoms with E-state index < -0.39 is 6.10 Å². The molecule has 278 valence electrons. The predicted octanol–water partition coefficient (Wildman–Crippen LogP) is 12.0. The second-order valence-corrected chi connectivity index (χ2v) is 14.1. The van der Waals surface area contributed by atoms with E-state index in [2.05, 4.69) is 20.8 Å². The maximum Gasteiger partial charge on any atom is 0.305 e. The summed E-state index contributed by atoms with van der Waals surface area (Å²) in [5.41, 5.74) is 0. The van der Waals surface area contributed by atoms with Crippen molar-refractivity contribution in [3.63, 3.8) is 0 Å². The summed E-state index contributed by atoms with van der Waals surface area (Å²) in [5, 5.41) is 26.6. The van der Waals surface area contributed by atoms with Crippen LogP contribution in [0.4, 0.5) is 0 Å². The summed E-state index contributed by atoms with van der Waals surface area (Å²) in [6.07, 6.45) is 41.1. The van der Waals surface area contributed by atoms with Crippen molar-refractivity contribution >= 4 is 5.97 Å². The van der Waals surface area contributed by atoms with E-state index in [0.29, 0.717) is 13.0 Å². The largest absolute Gasteiger partial charge is 0.463 e. The molecule has 5 heteroatoms. The molecule has 0 aromatic heterocycles. The molecule has 0 saturated carbocycles. The second-order valence-electron chi connectivity index (χ2n) is 14.1. The van der Waals surface area contributed by atoms with Crippen molar-refractivity contribution in [3.8, 4) is 0 Å². The van der Waals surface area contributed by atoms with E-state index in [1.807, 2.05) is 0 Å². The number of aliphatic hydroxyl groups is 3. The summed E-state index contributed by atoms with van der Waals surface area (Å²) in [5.74, 6) is 0.689. The number of aliphatic hydroxyl groups excluding tert-OH is 3. The Hall–Kier alpha value is -0.650. The molecule has 0 aliphatic heterocycles. The molecule has 0 aromatic carbocycles. The first kappa shape index (κ1) is 47.5. The Labute approximate surface area is 288 Å². The quantitative estimate of drug-likeness (QED) is 0.0461. The zero-order valence-electron chi connectivity index (χ0n) is 31.6. The number of esters is 1. The Balaban J connectivity index is 0. The standard InChI is InChI=1S/C21H42O4.C20H42O/c1-2-3-4-5-6-7-8-9-10-11-12-13-14-15-16-17-21(24)25-19-20(23)18-22;1-3-5-7-9-10-13-17-20(16-12-8-6-4-2)18-14-11-15-19-21/h20,22-23H,2-19H2,1H3;20-21H,3-19H2,1-2H3. The molecule has 3 N–H and O–H groups in total. The molecule has 0 heterocycles. The van der Waals surface area contributed by atoms with Crippen molar-refractivity contribution in [2.45, 2.75) is 232 Å². The van der Waals surface area contributed by atoms with E-state index in [4.69, 9.17) is 20.1 Å². The van der Waals surface area contributed by atoms with Crippen molar-refractivity contribution in [1.82, 2.24) is 0 Å². The molecule has 0 fully saturated rings. The van der Waals surface area contributed by atoms with Gasteiger partial charge in [0.15, 0.2) is 0 Å². The molecule has 2 unspecified atom stereocenters. The van der Waals surface area contributed by atoms with Gasteiger partial charge in [0.1, 0.15) is 12.7 Å². The normalized spacial score (nSPS) is 12.5. The van der Waals surface area contributed by atoms with Gasteiger partial charge in [0, 0.05) is 13.0 Å². The molecular formula is C41H84O5. The van der Waals surface area contributed by atoms with Crippen LogP contribution in [-0.4, -0.2) is 47.2 Å². The van der Waals surface area contributed by atoms with Crippen LogP contribution in [0.2, 0.25) is 0 Å². The molecule has 0 rings (SSSR count). The lowest BCUT2D eigenvalue weighted by atomic mass is 9.90. The summed E-state index contributed by atoms with van der Waals surface area (Å²) in [4.78, 5) is 11.4. The number of hydrogen-bond acceptors (Lipinski definition) is 5. The minimum atomic E-state index is -0.954. The second kappa shape index (κ2) is 42.4. The van der Waals surface area contributed by atoms with Crippen LogP contribution in [0.3, 0.4) is 0 Å². The van der Waals surface area contributed by atoms with Gasteiger partial charge in [-0.05, 0) is 18.8 Å². The van der Waals surface area contributed by atoms with Crippen molar-refractivity contribution in [1.29, 1.82) is 0 Å². The lowest BCUT2D eigenvalue weighted by molar-refractivity contribution is -0.147. The molecule has 0 radical (unpaired) electrons. The van der Waals surface area contributed by atoms with Gasteiger partial charge < -0.3 is 20.1 Å². The zero-order chi connectivity index (χ0) is 34.2. The fourth-order valence-corrected chi connectivity index (χ4v) is 6.18. The van der Waals surface area contributed by atoms with Crippen LogP contribution in [0.1, 0.15) is 226 Å². The van der Waals surface area contributed by atoms with Crippen molar-refractivity contribution in [3.05, 3.63) is 0 Å². The molecule has 0 bridgehead atoms. The maximum absolute atomic E-state index is 11.4. The Morgan fingerprint density at radius 3 is 1.17 bits per heavy atom. The highest BCUT2D eigenvalue weighted by atomic mass is 16.5. The summed E-state index contributed by atoms with van der Waals surface area (Å²) in [7, 11) is 0. The molecule has 0 spiro atoms. The van der Waals surface area contributed by atoms with E-state index in [9.17, 15) is 4.79 Å². The summed E-state index contributed by atoms with van der Waals surface area (Å²) in [6, 6.07) is 0. The Kier molecular flexibility index (Phi) is 43.7. The van der Waals surface area contributed by atoms with E-state index in [1.165, 1.54) is 180 Å². The first-order valence-electron chi connectivity index (χ1n) is 20.6. The summed E-state index contributed by atoms with van der Waals surface area (Å²) >= 11 is 0. The first-order valence-corrected chi connectivity index (χ1v) is 20.6. The summed E-state index contributed by atoms with van der Waals surface area (Å²) < 4.78 is 4.86. The van der Waals surface area contributed by atoms with Crippen molar-refractivity contribution in [2.75, 3.05) is 19.8 Å². The average Bonchev–Trinajstić information content (AvgIpc) is 3.07. The molecule has 2 atom stereocenters. The number of unbranched alkanes of at least 4 members (excludes halogenated alkanes) is 24. The maximum atomic E-state index is 11.4. The zero-order valence-corrected chi connectivity index (χ0v) is 31.6. The Bertz CT molecular complexity index is 543. The van der Waals surface area contributed by atoms with Gasteiger partial charge in [-0.1, -0.05) is 207 Å². The number of rotatable bonds is 36. The fraction of sp³-hybridized carbons (Fsp3) is 0.976. The number of hydrogen-bond donors (Lipinski definition) is 3. The van der Waals surface area contributed by atoms with Crippen LogP contribution >= 0.6 is 0 Å². The Morgan fingerprint density at radius 2 is 0.804 bits per heavy atom. The first-order chi connectivity index (χ1) is 22.5. The van der Waals surface area contributed by atoms with Gasteiger partial charge in [-0.25, -0.2) is 0 Å². The topological polar surface area (TPSA) is 87.0 Å². The molecule has 5 nitrogen and oxygen atoms in total. The van der Waals surface area contributed by atoms with Gasteiger partial charge in [-0.2, -0.15) is 0 Å². The molecule has 0 aromatic rings.